The van der Waals surface area contributed by atoms with Crippen LogP contribution in [0, 0.1) is 5.41 Å². The lowest BCUT2D eigenvalue weighted by Crippen LogP contribution is -2.45. The van der Waals surface area contributed by atoms with E-state index in [0.29, 0.717) is 32.5 Å². The molecule has 21 heavy (non-hydrogen) atoms. The molecule has 2 amide bonds. The quantitative estimate of drug-likeness (QED) is 0.382. The first-order valence-corrected chi connectivity index (χ1v) is 7.17. The van der Waals surface area contributed by atoms with Crippen molar-refractivity contribution < 1.29 is 24.5 Å². The lowest BCUT2D eigenvalue weighted by molar-refractivity contribution is -0.137. The number of nitrogens with one attached hydrogen (secondary N) is 2. The molecule has 0 bridgehead atoms. The van der Waals surface area contributed by atoms with Crippen molar-refractivity contribution >= 4 is 11.8 Å². The van der Waals surface area contributed by atoms with Gasteiger partial charge in [-0.05, 0) is 12.8 Å². The van der Waals surface area contributed by atoms with Crippen molar-refractivity contribution in [3.05, 3.63) is 0 Å². The van der Waals surface area contributed by atoms with Gasteiger partial charge in [-0.3, -0.25) is 9.59 Å². The second-order valence-corrected chi connectivity index (χ2v) is 5.64. The summed E-state index contributed by atoms with van der Waals surface area (Å²) < 4.78 is 4.87. The van der Waals surface area contributed by atoms with E-state index < -0.39 is 17.4 Å². The zero-order valence-electron chi connectivity index (χ0n) is 13.1. The van der Waals surface area contributed by atoms with Gasteiger partial charge in [-0.2, -0.15) is 0 Å². The summed E-state index contributed by atoms with van der Waals surface area (Å²) in [4.78, 5) is 23.1. The third-order valence-electron chi connectivity index (χ3n) is 3.12. The fraction of sp³-hybridized carbons (Fsp3) is 0.857. The summed E-state index contributed by atoms with van der Waals surface area (Å²) in [6, 6.07) is 0. The molecule has 0 radical (unpaired) electrons. The van der Waals surface area contributed by atoms with E-state index in [-0.39, 0.29) is 12.5 Å². The number of amides is 2. The predicted molar refractivity (Wildman–Crippen MR) is 78.6 cm³/mol. The van der Waals surface area contributed by atoms with Crippen LogP contribution in [-0.2, 0) is 14.3 Å². The molecule has 7 nitrogen and oxygen atoms in total. The maximum atomic E-state index is 11.7. The van der Waals surface area contributed by atoms with Gasteiger partial charge in [0.15, 0.2) is 0 Å². The molecule has 4 N–H and O–H groups in total. The zero-order valence-corrected chi connectivity index (χ0v) is 13.1. The maximum absolute atomic E-state index is 11.7. The molecule has 124 valence electrons. The van der Waals surface area contributed by atoms with Gasteiger partial charge in [0, 0.05) is 38.6 Å². The summed E-state index contributed by atoms with van der Waals surface area (Å²) in [7, 11) is 1.61. The highest BCUT2D eigenvalue weighted by atomic mass is 16.5. The molecule has 0 heterocycles. The molecule has 7 heteroatoms. The first-order chi connectivity index (χ1) is 9.85. The lowest BCUT2D eigenvalue weighted by atomic mass is 9.87. The van der Waals surface area contributed by atoms with Gasteiger partial charge in [0.25, 0.3) is 0 Å². The van der Waals surface area contributed by atoms with Crippen LogP contribution in [0.2, 0.25) is 0 Å². The van der Waals surface area contributed by atoms with Gasteiger partial charge < -0.3 is 25.6 Å². The van der Waals surface area contributed by atoms with E-state index in [4.69, 9.17) is 9.84 Å². The van der Waals surface area contributed by atoms with Gasteiger partial charge in [0.05, 0.1) is 6.61 Å². The number of hydrogen-bond donors (Lipinski definition) is 4. The molecule has 0 fully saturated rings. The summed E-state index contributed by atoms with van der Waals surface area (Å²) in [5.74, 6) is -0.605. The number of hydrogen-bond acceptors (Lipinski definition) is 5. The molecule has 0 saturated carbocycles. The average Bonchev–Trinajstić information content (AvgIpc) is 2.47. The molecule has 0 aliphatic carbocycles. The summed E-state index contributed by atoms with van der Waals surface area (Å²) in [5, 5.41) is 24.1. The van der Waals surface area contributed by atoms with E-state index in [1.807, 2.05) is 0 Å². The Labute approximate surface area is 126 Å². The summed E-state index contributed by atoms with van der Waals surface area (Å²) >= 11 is 0. The Kier molecular flexibility index (Phi) is 9.94. The highest BCUT2D eigenvalue weighted by molar-refractivity contribution is 5.81. The smallest absolute Gasteiger partial charge is 0.249 e. The molecule has 1 atom stereocenters. The first kappa shape index (κ1) is 19.8. The molecule has 0 aromatic heterocycles. The number of methoxy groups -OCH3 is 1. The van der Waals surface area contributed by atoms with Crippen LogP contribution in [0.4, 0.5) is 0 Å². The average molecular weight is 304 g/mol. The van der Waals surface area contributed by atoms with E-state index in [1.165, 1.54) is 0 Å². The van der Waals surface area contributed by atoms with E-state index in [0.717, 1.165) is 6.42 Å². The molecular weight excluding hydrogens is 276 g/mol. The van der Waals surface area contributed by atoms with Crippen LogP contribution in [0.5, 0.6) is 0 Å². The van der Waals surface area contributed by atoms with E-state index in [9.17, 15) is 14.7 Å². The highest BCUT2D eigenvalue weighted by Gasteiger charge is 2.32. The molecule has 0 aromatic carbocycles. The standard InChI is InChI=1S/C14H28N2O5/c1-14(2,10-17)12(19)13(20)16-7-4-6-11(18)15-8-5-9-21-3/h12,17,19H,4-10H2,1-3H3,(H,15,18)(H,16,20)/t12-/m0/s1. The first-order valence-electron chi connectivity index (χ1n) is 7.17. The number of aliphatic hydroxyl groups is 2. The Bertz CT molecular complexity index is 320. The summed E-state index contributed by atoms with van der Waals surface area (Å²) in [5.41, 5.74) is -0.886. The minimum Gasteiger partial charge on any atom is -0.396 e. The molecule has 0 aliphatic rings. The number of rotatable bonds is 11. The van der Waals surface area contributed by atoms with Crippen molar-refractivity contribution in [1.29, 1.82) is 0 Å². The molecular formula is C14H28N2O5. The predicted octanol–water partition coefficient (Wildman–Crippen LogP) is -0.585. The minimum atomic E-state index is -1.27. The third-order valence-corrected chi connectivity index (χ3v) is 3.12. The van der Waals surface area contributed by atoms with Crippen molar-refractivity contribution in [2.24, 2.45) is 5.41 Å². The van der Waals surface area contributed by atoms with Crippen LogP contribution in [0.3, 0.4) is 0 Å². The number of carbonyl (C=O) groups is 2. The van der Waals surface area contributed by atoms with Crippen molar-refractivity contribution in [3.8, 4) is 0 Å². The molecule has 0 saturated heterocycles. The monoisotopic (exact) mass is 304 g/mol. The molecule has 0 spiro atoms. The number of ether oxygens (including phenoxy) is 1. The second kappa shape index (κ2) is 10.5. The van der Waals surface area contributed by atoms with Crippen LogP contribution in [0.25, 0.3) is 0 Å². The Morgan fingerprint density at radius 2 is 1.81 bits per heavy atom. The summed E-state index contributed by atoms with van der Waals surface area (Å²) in [6.45, 7) is 4.40. The van der Waals surface area contributed by atoms with Crippen molar-refractivity contribution in [3.63, 3.8) is 0 Å². The van der Waals surface area contributed by atoms with Crippen LogP contribution < -0.4 is 10.6 Å². The SMILES string of the molecule is COCCCNC(=O)CCCNC(=O)[C@H](O)C(C)(C)CO. The Balaban J connectivity index is 3.75. The number of carbonyl (C=O) groups excluding carboxylic acids is 2. The summed E-state index contributed by atoms with van der Waals surface area (Å²) in [6.07, 6.45) is 0.299. The van der Waals surface area contributed by atoms with Crippen LogP contribution in [0.1, 0.15) is 33.1 Å². The van der Waals surface area contributed by atoms with Gasteiger partial charge in [-0.25, -0.2) is 0 Å². The Morgan fingerprint density at radius 3 is 2.38 bits per heavy atom. The van der Waals surface area contributed by atoms with Crippen LogP contribution >= 0.6 is 0 Å². The van der Waals surface area contributed by atoms with Gasteiger partial charge in [0.2, 0.25) is 11.8 Å². The van der Waals surface area contributed by atoms with Crippen LogP contribution in [0.15, 0.2) is 0 Å². The molecule has 0 unspecified atom stereocenters. The second-order valence-electron chi connectivity index (χ2n) is 5.64. The fourth-order valence-electron chi connectivity index (χ4n) is 1.53. The maximum Gasteiger partial charge on any atom is 0.249 e. The van der Waals surface area contributed by atoms with Gasteiger partial charge >= 0.3 is 0 Å². The largest absolute Gasteiger partial charge is 0.396 e. The number of aliphatic hydroxyl groups excluding tert-OH is 2. The van der Waals surface area contributed by atoms with Gasteiger partial charge in [-0.15, -0.1) is 0 Å². The van der Waals surface area contributed by atoms with Crippen molar-refractivity contribution in [1.82, 2.24) is 10.6 Å². The van der Waals surface area contributed by atoms with E-state index in [2.05, 4.69) is 10.6 Å². The van der Waals surface area contributed by atoms with Gasteiger partial charge in [0.1, 0.15) is 6.10 Å². The Hall–Kier alpha value is -1.18. The third kappa shape index (κ3) is 8.64. The normalized spacial score (nSPS) is 12.8. The molecule has 0 aliphatic heterocycles. The molecule has 0 rings (SSSR count). The topological polar surface area (TPSA) is 108 Å². The van der Waals surface area contributed by atoms with Crippen molar-refractivity contribution in [2.45, 2.75) is 39.2 Å². The van der Waals surface area contributed by atoms with Crippen LogP contribution in [-0.4, -0.2) is 61.5 Å². The zero-order chi connectivity index (χ0) is 16.3. The molecule has 0 aromatic rings. The van der Waals surface area contributed by atoms with Gasteiger partial charge in [-0.1, -0.05) is 13.8 Å². The van der Waals surface area contributed by atoms with E-state index in [1.54, 1.807) is 21.0 Å². The Morgan fingerprint density at radius 1 is 1.19 bits per heavy atom. The van der Waals surface area contributed by atoms with Crippen molar-refractivity contribution in [2.75, 3.05) is 33.4 Å². The highest BCUT2D eigenvalue weighted by Crippen LogP contribution is 2.19. The lowest BCUT2D eigenvalue weighted by Gasteiger charge is -2.27. The minimum absolute atomic E-state index is 0.0726. The fourth-order valence-corrected chi connectivity index (χ4v) is 1.53. The van der Waals surface area contributed by atoms with E-state index >= 15 is 0 Å².